The summed E-state index contributed by atoms with van der Waals surface area (Å²) in [5.41, 5.74) is 0.714. The number of aromatic nitrogens is 3. The van der Waals surface area contributed by atoms with Crippen molar-refractivity contribution in [2.75, 3.05) is 12.9 Å². The summed E-state index contributed by atoms with van der Waals surface area (Å²) < 4.78 is 35.0. The first-order valence-electron chi connectivity index (χ1n) is 6.73. The van der Waals surface area contributed by atoms with E-state index in [-0.39, 0.29) is 17.5 Å². The van der Waals surface area contributed by atoms with Crippen molar-refractivity contribution in [1.29, 1.82) is 0 Å². The molecule has 0 bridgehead atoms. The summed E-state index contributed by atoms with van der Waals surface area (Å²) in [6.07, 6.45) is 0. The zero-order valence-corrected chi connectivity index (χ0v) is 13.3. The van der Waals surface area contributed by atoms with E-state index >= 15 is 0 Å². The average Bonchev–Trinajstić information content (AvgIpc) is 2.95. The largest absolute Gasteiger partial charge is 0.468 e. The summed E-state index contributed by atoms with van der Waals surface area (Å²) in [6, 6.07) is 6.14. The van der Waals surface area contributed by atoms with Crippen LogP contribution in [0.15, 0.2) is 29.4 Å². The van der Waals surface area contributed by atoms with Gasteiger partial charge in [-0.25, -0.2) is 0 Å². The van der Waals surface area contributed by atoms with E-state index < -0.39 is 6.61 Å². The molecule has 2 rings (SSSR count). The maximum absolute atomic E-state index is 12.2. The van der Waals surface area contributed by atoms with Crippen molar-refractivity contribution in [3.05, 3.63) is 24.3 Å². The summed E-state index contributed by atoms with van der Waals surface area (Å²) >= 11 is 1.22. The predicted octanol–water partition coefficient (Wildman–Crippen LogP) is 2.83. The van der Waals surface area contributed by atoms with Gasteiger partial charge in [0, 0.05) is 12.1 Å². The highest BCUT2D eigenvalue weighted by Crippen LogP contribution is 2.26. The van der Waals surface area contributed by atoms with Crippen LogP contribution in [0.4, 0.5) is 8.78 Å². The Morgan fingerprint density at radius 1 is 1.30 bits per heavy atom. The fraction of sp³-hybridized carbons (Fsp3) is 0.357. The monoisotopic (exact) mass is 343 g/mol. The smallest absolute Gasteiger partial charge is 0.387 e. The molecule has 0 aliphatic rings. The van der Waals surface area contributed by atoms with E-state index in [0.29, 0.717) is 23.1 Å². The van der Waals surface area contributed by atoms with Gasteiger partial charge in [-0.05, 0) is 31.2 Å². The standard InChI is InChI=1S/C14H15F2N3O3S/c1-3-19-12(17-18-14(19)23-8-11(20)21-2)9-4-6-10(7-5-9)22-13(15)16/h4-7,13H,3,8H2,1-2H3. The molecule has 1 aromatic carbocycles. The van der Waals surface area contributed by atoms with Gasteiger partial charge in [-0.1, -0.05) is 11.8 Å². The van der Waals surface area contributed by atoms with Crippen molar-refractivity contribution >= 4 is 17.7 Å². The average molecular weight is 343 g/mol. The van der Waals surface area contributed by atoms with Crippen LogP contribution < -0.4 is 4.74 Å². The number of ether oxygens (including phenoxy) is 2. The van der Waals surface area contributed by atoms with E-state index in [1.54, 1.807) is 12.1 Å². The van der Waals surface area contributed by atoms with Crippen molar-refractivity contribution in [2.45, 2.75) is 25.2 Å². The Hall–Kier alpha value is -2.16. The van der Waals surface area contributed by atoms with Gasteiger partial charge < -0.3 is 14.0 Å². The quantitative estimate of drug-likeness (QED) is 0.569. The normalized spacial score (nSPS) is 10.8. The molecule has 9 heteroatoms. The first-order chi connectivity index (χ1) is 11.0. The first-order valence-corrected chi connectivity index (χ1v) is 7.71. The number of hydrogen-bond acceptors (Lipinski definition) is 6. The summed E-state index contributed by atoms with van der Waals surface area (Å²) in [4.78, 5) is 11.2. The molecule has 0 saturated carbocycles. The van der Waals surface area contributed by atoms with Crippen LogP contribution >= 0.6 is 11.8 Å². The van der Waals surface area contributed by atoms with E-state index in [9.17, 15) is 13.6 Å². The fourth-order valence-corrected chi connectivity index (χ4v) is 2.70. The molecule has 0 N–H and O–H groups in total. The maximum atomic E-state index is 12.2. The van der Waals surface area contributed by atoms with Gasteiger partial charge in [0.15, 0.2) is 11.0 Å². The lowest BCUT2D eigenvalue weighted by molar-refractivity contribution is -0.137. The van der Waals surface area contributed by atoms with Crippen LogP contribution in [0.5, 0.6) is 5.75 Å². The van der Waals surface area contributed by atoms with Crippen LogP contribution in [0.25, 0.3) is 11.4 Å². The lowest BCUT2D eigenvalue weighted by atomic mass is 10.2. The van der Waals surface area contributed by atoms with E-state index in [1.165, 1.54) is 31.0 Å². The number of benzene rings is 1. The van der Waals surface area contributed by atoms with Crippen molar-refractivity contribution in [3.8, 4) is 17.1 Å². The number of alkyl halides is 2. The van der Waals surface area contributed by atoms with Gasteiger partial charge in [-0.2, -0.15) is 8.78 Å². The Morgan fingerprint density at radius 3 is 2.57 bits per heavy atom. The van der Waals surface area contributed by atoms with Crippen molar-refractivity contribution in [3.63, 3.8) is 0 Å². The molecule has 0 spiro atoms. The van der Waals surface area contributed by atoms with Crippen molar-refractivity contribution < 1.29 is 23.0 Å². The van der Waals surface area contributed by atoms with Gasteiger partial charge in [-0.3, -0.25) is 4.79 Å². The van der Waals surface area contributed by atoms with Crippen LogP contribution in [0, 0.1) is 0 Å². The minimum Gasteiger partial charge on any atom is -0.468 e. The van der Waals surface area contributed by atoms with Gasteiger partial charge in [0.05, 0.1) is 12.9 Å². The highest BCUT2D eigenvalue weighted by Gasteiger charge is 2.15. The van der Waals surface area contributed by atoms with Gasteiger partial charge in [0.1, 0.15) is 5.75 Å². The number of carbonyl (C=O) groups excluding carboxylic acids is 1. The van der Waals surface area contributed by atoms with Gasteiger partial charge in [-0.15, -0.1) is 10.2 Å². The third-order valence-corrected chi connectivity index (χ3v) is 3.86. The Kier molecular flexibility index (Phi) is 5.91. The number of halogens is 2. The molecule has 0 saturated heterocycles. The summed E-state index contributed by atoms with van der Waals surface area (Å²) in [7, 11) is 1.32. The maximum Gasteiger partial charge on any atom is 0.387 e. The number of esters is 1. The van der Waals surface area contributed by atoms with Crippen LogP contribution in [-0.4, -0.2) is 40.2 Å². The molecule has 1 aromatic heterocycles. The number of methoxy groups -OCH3 is 1. The molecule has 0 atom stereocenters. The molecular formula is C14H15F2N3O3S. The second-order valence-electron chi connectivity index (χ2n) is 4.32. The first kappa shape index (κ1) is 17.2. The lowest BCUT2D eigenvalue weighted by Crippen LogP contribution is -2.06. The highest BCUT2D eigenvalue weighted by molar-refractivity contribution is 7.99. The molecule has 2 aromatic rings. The summed E-state index contributed by atoms with van der Waals surface area (Å²) in [6.45, 7) is -0.341. The van der Waals surface area contributed by atoms with Gasteiger partial charge in [0.25, 0.3) is 0 Å². The van der Waals surface area contributed by atoms with Crippen molar-refractivity contribution in [2.24, 2.45) is 0 Å². The van der Waals surface area contributed by atoms with E-state index in [2.05, 4.69) is 19.7 Å². The Bertz CT molecular complexity index is 662. The lowest BCUT2D eigenvalue weighted by Gasteiger charge is -2.08. The van der Waals surface area contributed by atoms with E-state index in [0.717, 1.165) is 0 Å². The molecule has 0 unspecified atom stereocenters. The molecule has 0 aliphatic carbocycles. The highest BCUT2D eigenvalue weighted by atomic mass is 32.2. The minimum atomic E-state index is -2.86. The van der Waals surface area contributed by atoms with Crippen molar-refractivity contribution in [1.82, 2.24) is 14.8 Å². The fourth-order valence-electron chi connectivity index (χ4n) is 1.86. The molecule has 1 heterocycles. The molecule has 0 fully saturated rings. The number of carbonyl (C=O) groups is 1. The predicted molar refractivity (Wildman–Crippen MR) is 80.5 cm³/mol. The second kappa shape index (κ2) is 7.91. The molecule has 0 radical (unpaired) electrons. The molecule has 23 heavy (non-hydrogen) atoms. The van der Waals surface area contributed by atoms with Crippen LogP contribution in [0.2, 0.25) is 0 Å². The third-order valence-electron chi connectivity index (χ3n) is 2.92. The SMILES string of the molecule is CCn1c(SCC(=O)OC)nnc1-c1ccc(OC(F)F)cc1. The third kappa shape index (κ3) is 4.41. The number of thioether (sulfide) groups is 1. The van der Waals surface area contributed by atoms with Crippen LogP contribution in [0.1, 0.15) is 6.92 Å². The number of hydrogen-bond donors (Lipinski definition) is 0. The van der Waals surface area contributed by atoms with Crippen LogP contribution in [0.3, 0.4) is 0 Å². The Morgan fingerprint density at radius 2 is 2.00 bits per heavy atom. The molecule has 124 valence electrons. The molecule has 0 amide bonds. The number of rotatable bonds is 7. The van der Waals surface area contributed by atoms with E-state index in [4.69, 9.17) is 0 Å². The number of nitrogens with zero attached hydrogens (tertiary/aromatic N) is 3. The molecular weight excluding hydrogens is 328 g/mol. The second-order valence-corrected chi connectivity index (χ2v) is 5.26. The zero-order chi connectivity index (χ0) is 16.8. The summed E-state index contributed by atoms with van der Waals surface area (Å²) in [5, 5.41) is 8.74. The molecule has 6 nitrogen and oxygen atoms in total. The molecule has 0 aliphatic heterocycles. The Balaban J connectivity index is 2.19. The topological polar surface area (TPSA) is 66.2 Å². The Labute approximate surface area is 135 Å². The van der Waals surface area contributed by atoms with Gasteiger partial charge >= 0.3 is 12.6 Å². The van der Waals surface area contributed by atoms with E-state index in [1.807, 2.05) is 11.5 Å². The summed E-state index contributed by atoms with van der Waals surface area (Å²) in [5.74, 6) is 0.446. The van der Waals surface area contributed by atoms with Gasteiger partial charge in [0.2, 0.25) is 0 Å². The zero-order valence-electron chi connectivity index (χ0n) is 12.5. The van der Waals surface area contributed by atoms with Crippen LogP contribution in [-0.2, 0) is 16.1 Å². The minimum absolute atomic E-state index is 0.0756.